The summed E-state index contributed by atoms with van der Waals surface area (Å²) in [5.41, 5.74) is 6.22. The number of nitrogens with zero attached hydrogens (tertiary/aromatic N) is 2. The van der Waals surface area contributed by atoms with Gasteiger partial charge in [0.1, 0.15) is 0 Å². The standard InChI is InChI=1S/C12H11ClN4O/c13-9-4-2-1-3-8(9)7-17-12-10(11(14)18)15-5-6-16-12/h1-6H,7H2,(H2,14,18)(H,16,17). The average molecular weight is 263 g/mol. The Bertz CT molecular complexity index is 574. The van der Waals surface area contributed by atoms with E-state index in [1.54, 1.807) is 6.07 Å². The number of carbonyl (C=O) groups is 1. The maximum Gasteiger partial charge on any atom is 0.271 e. The van der Waals surface area contributed by atoms with Gasteiger partial charge >= 0.3 is 0 Å². The molecule has 2 aromatic rings. The molecule has 1 amide bonds. The van der Waals surface area contributed by atoms with Crippen LogP contribution >= 0.6 is 11.6 Å². The maximum atomic E-state index is 11.2. The van der Waals surface area contributed by atoms with Crippen molar-refractivity contribution in [3.63, 3.8) is 0 Å². The first kappa shape index (κ1) is 12.3. The van der Waals surface area contributed by atoms with Gasteiger partial charge in [-0.1, -0.05) is 29.8 Å². The smallest absolute Gasteiger partial charge is 0.271 e. The summed E-state index contributed by atoms with van der Waals surface area (Å²) in [6.07, 6.45) is 2.90. The van der Waals surface area contributed by atoms with Gasteiger partial charge in [0.15, 0.2) is 11.5 Å². The van der Waals surface area contributed by atoms with Gasteiger partial charge in [0, 0.05) is 24.0 Å². The van der Waals surface area contributed by atoms with E-state index >= 15 is 0 Å². The lowest BCUT2D eigenvalue weighted by molar-refractivity contribution is 0.0996. The zero-order chi connectivity index (χ0) is 13.0. The molecule has 0 unspecified atom stereocenters. The Kier molecular flexibility index (Phi) is 3.74. The number of amides is 1. The Hall–Kier alpha value is -2.14. The number of anilines is 1. The molecule has 1 aromatic carbocycles. The number of halogens is 1. The molecule has 2 rings (SSSR count). The van der Waals surface area contributed by atoms with E-state index in [0.717, 1.165) is 5.56 Å². The molecule has 1 aromatic heterocycles. The number of aromatic nitrogens is 2. The van der Waals surface area contributed by atoms with Crippen LogP contribution in [-0.2, 0) is 6.54 Å². The molecule has 0 saturated heterocycles. The van der Waals surface area contributed by atoms with Crippen LogP contribution in [0.5, 0.6) is 0 Å². The molecule has 0 bridgehead atoms. The number of hydrogen-bond donors (Lipinski definition) is 2. The van der Waals surface area contributed by atoms with Crippen LogP contribution in [0.15, 0.2) is 36.7 Å². The first-order valence-corrected chi connectivity index (χ1v) is 5.64. The minimum Gasteiger partial charge on any atom is -0.364 e. The van der Waals surface area contributed by atoms with Gasteiger partial charge in [-0.3, -0.25) is 4.79 Å². The number of rotatable bonds is 4. The molecular weight excluding hydrogens is 252 g/mol. The number of primary amides is 1. The molecule has 0 aliphatic carbocycles. The second-order valence-electron chi connectivity index (χ2n) is 3.56. The molecule has 5 nitrogen and oxygen atoms in total. The van der Waals surface area contributed by atoms with Crippen LogP contribution in [0.2, 0.25) is 5.02 Å². The van der Waals surface area contributed by atoms with Crippen LogP contribution in [0, 0.1) is 0 Å². The minimum atomic E-state index is -0.621. The largest absolute Gasteiger partial charge is 0.364 e. The van der Waals surface area contributed by atoms with Gasteiger partial charge in [-0.25, -0.2) is 9.97 Å². The van der Waals surface area contributed by atoms with Gasteiger partial charge in [-0.15, -0.1) is 0 Å². The Morgan fingerprint density at radius 2 is 2.00 bits per heavy atom. The van der Waals surface area contributed by atoms with E-state index in [1.165, 1.54) is 12.4 Å². The first-order chi connectivity index (χ1) is 8.68. The van der Waals surface area contributed by atoms with Crippen LogP contribution in [0.4, 0.5) is 5.82 Å². The second-order valence-corrected chi connectivity index (χ2v) is 3.97. The van der Waals surface area contributed by atoms with Gasteiger partial charge < -0.3 is 11.1 Å². The van der Waals surface area contributed by atoms with Crippen molar-refractivity contribution in [1.29, 1.82) is 0 Å². The Morgan fingerprint density at radius 1 is 1.28 bits per heavy atom. The van der Waals surface area contributed by atoms with Crippen molar-refractivity contribution in [2.24, 2.45) is 5.73 Å². The van der Waals surface area contributed by atoms with Crippen LogP contribution in [0.3, 0.4) is 0 Å². The highest BCUT2D eigenvalue weighted by molar-refractivity contribution is 6.31. The molecule has 0 fully saturated rings. The Morgan fingerprint density at radius 3 is 2.72 bits per heavy atom. The molecule has 0 aliphatic heterocycles. The highest BCUT2D eigenvalue weighted by atomic mass is 35.5. The number of hydrogen-bond acceptors (Lipinski definition) is 4. The summed E-state index contributed by atoms with van der Waals surface area (Å²) in [5, 5.41) is 3.64. The molecule has 3 N–H and O–H groups in total. The molecule has 0 aliphatic rings. The summed E-state index contributed by atoms with van der Waals surface area (Å²) in [7, 11) is 0. The zero-order valence-electron chi connectivity index (χ0n) is 9.43. The summed E-state index contributed by atoms with van der Waals surface area (Å²) in [6.45, 7) is 0.443. The monoisotopic (exact) mass is 262 g/mol. The Labute approximate surface area is 109 Å². The lowest BCUT2D eigenvalue weighted by Crippen LogP contribution is -2.17. The average Bonchev–Trinajstić information content (AvgIpc) is 2.38. The summed E-state index contributed by atoms with van der Waals surface area (Å²) >= 11 is 6.03. The van der Waals surface area contributed by atoms with Crippen molar-refractivity contribution in [3.05, 3.63) is 52.9 Å². The van der Waals surface area contributed by atoms with Gasteiger partial charge in [-0.2, -0.15) is 0 Å². The highest BCUT2D eigenvalue weighted by Crippen LogP contribution is 2.17. The van der Waals surface area contributed by atoms with Gasteiger partial charge in [-0.05, 0) is 11.6 Å². The van der Waals surface area contributed by atoms with E-state index in [-0.39, 0.29) is 5.69 Å². The molecule has 0 atom stereocenters. The minimum absolute atomic E-state index is 0.115. The van der Waals surface area contributed by atoms with Crippen molar-refractivity contribution < 1.29 is 4.79 Å². The van der Waals surface area contributed by atoms with Gasteiger partial charge in [0.25, 0.3) is 5.91 Å². The third-order valence-corrected chi connectivity index (χ3v) is 2.70. The number of carbonyl (C=O) groups excluding carboxylic acids is 1. The lowest BCUT2D eigenvalue weighted by atomic mass is 10.2. The molecule has 1 heterocycles. The fourth-order valence-corrected chi connectivity index (χ4v) is 1.67. The van der Waals surface area contributed by atoms with Crippen LogP contribution in [0.1, 0.15) is 16.1 Å². The van der Waals surface area contributed by atoms with Crippen molar-refractivity contribution in [2.45, 2.75) is 6.54 Å². The van der Waals surface area contributed by atoms with E-state index in [1.807, 2.05) is 18.2 Å². The predicted molar refractivity (Wildman–Crippen MR) is 69.3 cm³/mol. The van der Waals surface area contributed by atoms with Crippen LogP contribution in [-0.4, -0.2) is 15.9 Å². The molecule has 0 spiro atoms. The summed E-state index contributed by atoms with van der Waals surface area (Å²) in [5.74, 6) is -0.269. The zero-order valence-corrected chi connectivity index (χ0v) is 10.2. The van der Waals surface area contributed by atoms with E-state index in [9.17, 15) is 4.79 Å². The summed E-state index contributed by atoms with van der Waals surface area (Å²) < 4.78 is 0. The van der Waals surface area contributed by atoms with Gasteiger partial charge in [0.05, 0.1) is 0 Å². The molecule has 6 heteroatoms. The topological polar surface area (TPSA) is 80.9 Å². The normalized spacial score (nSPS) is 10.1. The summed E-state index contributed by atoms with van der Waals surface area (Å²) in [4.78, 5) is 19.1. The van der Waals surface area contributed by atoms with E-state index in [0.29, 0.717) is 17.4 Å². The van der Waals surface area contributed by atoms with Crippen molar-refractivity contribution in [1.82, 2.24) is 9.97 Å². The van der Waals surface area contributed by atoms with E-state index in [4.69, 9.17) is 17.3 Å². The third-order valence-electron chi connectivity index (χ3n) is 2.34. The second kappa shape index (κ2) is 5.46. The maximum absolute atomic E-state index is 11.2. The number of nitrogens with two attached hydrogens (primary N) is 1. The van der Waals surface area contributed by atoms with Crippen molar-refractivity contribution >= 4 is 23.3 Å². The molecule has 18 heavy (non-hydrogen) atoms. The van der Waals surface area contributed by atoms with Crippen LogP contribution < -0.4 is 11.1 Å². The fourth-order valence-electron chi connectivity index (χ4n) is 1.47. The van der Waals surface area contributed by atoms with E-state index < -0.39 is 5.91 Å². The van der Waals surface area contributed by atoms with Crippen molar-refractivity contribution in [3.8, 4) is 0 Å². The van der Waals surface area contributed by atoms with Gasteiger partial charge in [0.2, 0.25) is 0 Å². The van der Waals surface area contributed by atoms with E-state index in [2.05, 4.69) is 15.3 Å². The SMILES string of the molecule is NC(=O)c1nccnc1NCc1ccccc1Cl. The first-order valence-electron chi connectivity index (χ1n) is 5.26. The third kappa shape index (κ3) is 2.75. The number of benzene rings is 1. The Balaban J connectivity index is 2.16. The molecular formula is C12H11ClN4O. The summed E-state index contributed by atoms with van der Waals surface area (Å²) in [6, 6.07) is 7.41. The van der Waals surface area contributed by atoms with Crippen LogP contribution in [0.25, 0.3) is 0 Å². The molecule has 92 valence electrons. The molecule has 0 saturated carbocycles. The molecule has 0 radical (unpaired) electrons. The fraction of sp³-hybridized carbons (Fsp3) is 0.0833. The highest BCUT2D eigenvalue weighted by Gasteiger charge is 2.10. The lowest BCUT2D eigenvalue weighted by Gasteiger charge is -2.08. The predicted octanol–water partition coefficient (Wildman–Crippen LogP) is 1.84. The van der Waals surface area contributed by atoms with Crippen molar-refractivity contribution in [2.75, 3.05) is 5.32 Å². The quantitative estimate of drug-likeness (QED) is 0.881. The number of nitrogens with one attached hydrogen (secondary N) is 1.